The van der Waals surface area contributed by atoms with Gasteiger partial charge in [-0.2, -0.15) is 0 Å². The summed E-state index contributed by atoms with van der Waals surface area (Å²) in [6.07, 6.45) is 0. The minimum Gasteiger partial charge on any atom is -0.298 e. The highest BCUT2D eigenvalue weighted by Crippen LogP contribution is 2.32. The van der Waals surface area contributed by atoms with Gasteiger partial charge in [-0.15, -0.1) is 0 Å². The SMILES string of the molecule is CC(C)S(=O)(=O)c1ccc(C(=O)Nc2nc3ccc4ccccc4c3s2)cc1. The van der Waals surface area contributed by atoms with Crippen molar-refractivity contribution in [1.82, 2.24) is 4.98 Å². The molecule has 28 heavy (non-hydrogen) atoms. The normalized spacial score (nSPS) is 12.0. The molecule has 0 radical (unpaired) electrons. The molecule has 3 aromatic carbocycles. The Bertz CT molecular complexity index is 1290. The van der Waals surface area contributed by atoms with Crippen LogP contribution < -0.4 is 5.32 Å². The Morgan fingerprint density at radius 2 is 1.71 bits per heavy atom. The fourth-order valence-electron chi connectivity index (χ4n) is 2.95. The average molecular weight is 411 g/mol. The molecule has 0 aliphatic heterocycles. The molecule has 0 atom stereocenters. The van der Waals surface area contributed by atoms with Gasteiger partial charge in [-0.25, -0.2) is 13.4 Å². The Hall–Kier alpha value is -2.77. The van der Waals surface area contributed by atoms with Crippen LogP contribution in [0.4, 0.5) is 5.13 Å². The molecule has 1 N–H and O–H groups in total. The second-order valence-electron chi connectivity index (χ2n) is 6.73. The zero-order chi connectivity index (χ0) is 19.9. The van der Waals surface area contributed by atoms with Gasteiger partial charge in [0.05, 0.1) is 20.4 Å². The topological polar surface area (TPSA) is 76.1 Å². The third-order valence-electron chi connectivity index (χ3n) is 4.57. The van der Waals surface area contributed by atoms with Gasteiger partial charge in [0.2, 0.25) is 0 Å². The monoisotopic (exact) mass is 410 g/mol. The summed E-state index contributed by atoms with van der Waals surface area (Å²) in [4.78, 5) is 17.3. The van der Waals surface area contributed by atoms with Crippen LogP contribution in [0.3, 0.4) is 0 Å². The lowest BCUT2D eigenvalue weighted by Gasteiger charge is -2.08. The molecule has 0 spiro atoms. The fraction of sp³-hybridized carbons (Fsp3) is 0.143. The van der Waals surface area contributed by atoms with Crippen LogP contribution in [-0.2, 0) is 9.84 Å². The molecule has 1 aromatic heterocycles. The zero-order valence-corrected chi connectivity index (χ0v) is 17.0. The third kappa shape index (κ3) is 3.27. The highest BCUT2D eigenvalue weighted by atomic mass is 32.2. The van der Waals surface area contributed by atoms with Gasteiger partial charge in [0.15, 0.2) is 15.0 Å². The van der Waals surface area contributed by atoms with Crippen LogP contribution in [0.2, 0.25) is 0 Å². The van der Waals surface area contributed by atoms with Crippen molar-refractivity contribution in [3.8, 4) is 0 Å². The predicted octanol–water partition coefficient (Wildman–Crippen LogP) is 4.88. The van der Waals surface area contributed by atoms with E-state index in [-0.39, 0.29) is 10.8 Å². The molecule has 1 heterocycles. The average Bonchev–Trinajstić information content (AvgIpc) is 3.11. The first kappa shape index (κ1) is 18.6. The summed E-state index contributed by atoms with van der Waals surface area (Å²) in [7, 11) is -3.36. The molecular formula is C21H18N2O3S2. The number of benzene rings is 3. The number of nitrogens with zero attached hydrogens (tertiary/aromatic N) is 1. The molecule has 0 fully saturated rings. The molecule has 0 bridgehead atoms. The highest BCUT2D eigenvalue weighted by molar-refractivity contribution is 7.92. The van der Waals surface area contributed by atoms with Crippen molar-refractivity contribution in [1.29, 1.82) is 0 Å². The molecule has 1 amide bonds. The molecule has 0 unspecified atom stereocenters. The molecule has 4 rings (SSSR count). The first-order valence-corrected chi connectivity index (χ1v) is 11.2. The van der Waals surface area contributed by atoms with Crippen molar-refractivity contribution < 1.29 is 13.2 Å². The number of carbonyl (C=O) groups excluding carboxylic acids is 1. The molecule has 0 aliphatic carbocycles. The smallest absolute Gasteiger partial charge is 0.257 e. The number of carbonyl (C=O) groups is 1. The number of hydrogen-bond acceptors (Lipinski definition) is 5. The number of sulfone groups is 1. The maximum Gasteiger partial charge on any atom is 0.257 e. The molecule has 142 valence electrons. The molecule has 5 nitrogen and oxygen atoms in total. The molecule has 7 heteroatoms. The molecule has 4 aromatic rings. The van der Waals surface area contributed by atoms with E-state index < -0.39 is 15.1 Å². The van der Waals surface area contributed by atoms with Gasteiger partial charge in [0, 0.05) is 10.9 Å². The Balaban J connectivity index is 1.61. The van der Waals surface area contributed by atoms with Crippen molar-refractivity contribution in [3.63, 3.8) is 0 Å². The van der Waals surface area contributed by atoms with Crippen LogP contribution in [0.1, 0.15) is 24.2 Å². The molecule has 0 saturated carbocycles. The van der Waals surface area contributed by atoms with Crippen molar-refractivity contribution >= 4 is 53.2 Å². The van der Waals surface area contributed by atoms with Crippen molar-refractivity contribution in [2.24, 2.45) is 0 Å². The van der Waals surface area contributed by atoms with Crippen molar-refractivity contribution in [2.75, 3.05) is 5.32 Å². The van der Waals surface area contributed by atoms with Gasteiger partial charge in [-0.1, -0.05) is 41.7 Å². The van der Waals surface area contributed by atoms with Gasteiger partial charge < -0.3 is 0 Å². The van der Waals surface area contributed by atoms with E-state index in [4.69, 9.17) is 0 Å². The Morgan fingerprint density at radius 1 is 1.00 bits per heavy atom. The molecular weight excluding hydrogens is 392 g/mol. The lowest BCUT2D eigenvalue weighted by atomic mass is 10.1. The lowest BCUT2D eigenvalue weighted by molar-refractivity contribution is 0.102. The predicted molar refractivity (Wildman–Crippen MR) is 114 cm³/mol. The number of amides is 1. The summed E-state index contributed by atoms with van der Waals surface area (Å²) < 4.78 is 25.4. The molecule has 0 aliphatic rings. The van der Waals surface area contributed by atoms with Gasteiger partial charge in [0.25, 0.3) is 5.91 Å². The maximum absolute atomic E-state index is 12.6. The first-order chi connectivity index (χ1) is 13.4. The quantitative estimate of drug-likeness (QED) is 0.520. The summed E-state index contributed by atoms with van der Waals surface area (Å²) in [6.45, 7) is 3.26. The van der Waals surface area contributed by atoms with Crippen LogP contribution in [0, 0.1) is 0 Å². The van der Waals surface area contributed by atoms with E-state index in [1.54, 1.807) is 13.8 Å². The standard InChI is InChI=1S/C21H18N2O3S2/c1-13(2)28(25,26)16-10-7-15(8-11-16)20(24)23-21-22-18-12-9-14-5-3-4-6-17(14)19(18)27-21/h3-13H,1-2H3,(H,22,23,24). The fourth-order valence-corrected chi connectivity index (χ4v) is 5.00. The minimum atomic E-state index is -3.36. The molecule has 0 saturated heterocycles. The van der Waals surface area contributed by atoms with Gasteiger partial charge in [-0.05, 0) is 49.6 Å². The number of fused-ring (bicyclic) bond motifs is 3. The highest BCUT2D eigenvalue weighted by Gasteiger charge is 2.19. The second-order valence-corrected chi connectivity index (χ2v) is 10.2. The van der Waals surface area contributed by atoms with Gasteiger partial charge in [-0.3, -0.25) is 10.1 Å². The maximum atomic E-state index is 12.6. The van der Waals surface area contributed by atoms with Gasteiger partial charge in [0.1, 0.15) is 0 Å². The van der Waals surface area contributed by atoms with Crippen LogP contribution in [-0.4, -0.2) is 24.6 Å². The third-order valence-corrected chi connectivity index (χ3v) is 7.76. The Morgan fingerprint density at radius 3 is 2.43 bits per heavy atom. The number of anilines is 1. The van der Waals surface area contributed by atoms with E-state index >= 15 is 0 Å². The summed E-state index contributed by atoms with van der Waals surface area (Å²) >= 11 is 1.42. The van der Waals surface area contributed by atoms with Crippen molar-refractivity contribution in [2.45, 2.75) is 24.0 Å². The first-order valence-electron chi connectivity index (χ1n) is 8.80. The summed E-state index contributed by atoms with van der Waals surface area (Å²) in [6, 6.07) is 18.0. The van der Waals surface area contributed by atoms with Crippen LogP contribution >= 0.6 is 11.3 Å². The Kier molecular flexibility index (Phi) is 4.64. The minimum absolute atomic E-state index is 0.213. The lowest BCUT2D eigenvalue weighted by Crippen LogP contribution is -2.15. The summed E-state index contributed by atoms with van der Waals surface area (Å²) in [5, 5.41) is 5.03. The number of rotatable bonds is 4. The number of nitrogens with one attached hydrogen (secondary N) is 1. The van der Waals surface area contributed by atoms with E-state index in [2.05, 4.69) is 10.3 Å². The number of thiazole rings is 1. The number of aromatic nitrogens is 1. The van der Waals surface area contributed by atoms with Crippen molar-refractivity contribution in [3.05, 3.63) is 66.2 Å². The van der Waals surface area contributed by atoms with E-state index in [0.717, 1.165) is 21.0 Å². The van der Waals surface area contributed by atoms with Crippen LogP contribution in [0.15, 0.2) is 65.6 Å². The summed E-state index contributed by atoms with van der Waals surface area (Å²) in [5.41, 5.74) is 1.21. The van der Waals surface area contributed by atoms with E-state index in [9.17, 15) is 13.2 Å². The number of hydrogen-bond donors (Lipinski definition) is 1. The zero-order valence-electron chi connectivity index (χ0n) is 15.3. The summed E-state index contributed by atoms with van der Waals surface area (Å²) in [5.74, 6) is -0.322. The van der Waals surface area contributed by atoms with Crippen LogP contribution in [0.5, 0.6) is 0 Å². The second kappa shape index (κ2) is 7.00. The van der Waals surface area contributed by atoms with Gasteiger partial charge >= 0.3 is 0 Å². The Labute approximate surface area is 167 Å². The van der Waals surface area contributed by atoms with E-state index in [1.807, 2.05) is 36.4 Å². The van der Waals surface area contributed by atoms with E-state index in [0.29, 0.717) is 10.7 Å². The van der Waals surface area contributed by atoms with Crippen LogP contribution in [0.25, 0.3) is 21.0 Å². The largest absolute Gasteiger partial charge is 0.298 e. The van der Waals surface area contributed by atoms with E-state index in [1.165, 1.54) is 35.6 Å².